The van der Waals surface area contributed by atoms with Crippen molar-refractivity contribution in [1.29, 1.82) is 0 Å². The molecule has 0 radical (unpaired) electrons. The Hall–Kier alpha value is -1.26. The second-order valence-electron chi connectivity index (χ2n) is 5.33. The van der Waals surface area contributed by atoms with Gasteiger partial charge in [0.15, 0.2) is 0 Å². The van der Waals surface area contributed by atoms with Crippen molar-refractivity contribution in [2.75, 3.05) is 13.2 Å². The SMILES string of the molecule is CCOC(=O)NC(C)C(C)C(C)C(=O)OCC(C)C. The Labute approximate surface area is 116 Å². The zero-order chi connectivity index (χ0) is 15.0. The van der Waals surface area contributed by atoms with Gasteiger partial charge in [-0.15, -0.1) is 0 Å². The molecule has 0 aliphatic carbocycles. The molecule has 0 aromatic carbocycles. The zero-order valence-corrected chi connectivity index (χ0v) is 12.9. The molecule has 0 aromatic rings. The number of nitrogens with one attached hydrogen (secondary N) is 1. The molecule has 0 heterocycles. The molecular formula is C14H27NO4. The summed E-state index contributed by atoms with van der Waals surface area (Å²) in [5.41, 5.74) is 0. The maximum absolute atomic E-state index is 11.8. The smallest absolute Gasteiger partial charge is 0.407 e. The van der Waals surface area contributed by atoms with E-state index in [0.717, 1.165) is 0 Å². The lowest BCUT2D eigenvalue weighted by atomic mass is 9.90. The predicted molar refractivity (Wildman–Crippen MR) is 73.7 cm³/mol. The highest BCUT2D eigenvalue weighted by Gasteiger charge is 2.27. The minimum Gasteiger partial charge on any atom is -0.465 e. The van der Waals surface area contributed by atoms with Gasteiger partial charge in [-0.1, -0.05) is 27.7 Å². The summed E-state index contributed by atoms with van der Waals surface area (Å²) >= 11 is 0. The number of ether oxygens (including phenoxy) is 2. The van der Waals surface area contributed by atoms with Crippen LogP contribution >= 0.6 is 0 Å². The van der Waals surface area contributed by atoms with Crippen LogP contribution in [0.25, 0.3) is 0 Å². The minimum atomic E-state index is -0.454. The number of hydrogen-bond donors (Lipinski definition) is 1. The molecule has 0 rings (SSSR count). The van der Waals surface area contributed by atoms with Gasteiger partial charge in [-0.2, -0.15) is 0 Å². The molecule has 0 aromatic heterocycles. The number of hydrogen-bond acceptors (Lipinski definition) is 4. The van der Waals surface area contributed by atoms with E-state index in [0.29, 0.717) is 19.1 Å². The number of carbonyl (C=O) groups is 2. The van der Waals surface area contributed by atoms with Crippen molar-refractivity contribution in [3.8, 4) is 0 Å². The average Bonchev–Trinajstić information content (AvgIpc) is 2.34. The van der Waals surface area contributed by atoms with E-state index in [1.807, 2.05) is 34.6 Å². The normalized spacial score (nSPS) is 15.5. The van der Waals surface area contributed by atoms with Crippen LogP contribution in [0.3, 0.4) is 0 Å². The molecule has 5 nitrogen and oxygen atoms in total. The summed E-state index contributed by atoms with van der Waals surface area (Å²) < 4.78 is 10.0. The zero-order valence-electron chi connectivity index (χ0n) is 12.9. The maximum atomic E-state index is 11.8. The number of alkyl carbamates (subject to hydrolysis) is 1. The van der Waals surface area contributed by atoms with Crippen LogP contribution in [0.15, 0.2) is 0 Å². The fourth-order valence-corrected chi connectivity index (χ4v) is 1.52. The lowest BCUT2D eigenvalue weighted by Gasteiger charge is -2.25. The van der Waals surface area contributed by atoms with Gasteiger partial charge in [0.1, 0.15) is 0 Å². The molecule has 0 saturated carbocycles. The summed E-state index contributed by atoms with van der Waals surface area (Å²) in [7, 11) is 0. The Bertz CT molecular complexity index is 291. The Morgan fingerprint density at radius 3 is 2.11 bits per heavy atom. The van der Waals surface area contributed by atoms with Crippen molar-refractivity contribution < 1.29 is 19.1 Å². The van der Waals surface area contributed by atoms with Crippen molar-refractivity contribution in [3.63, 3.8) is 0 Å². The first-order valence-corrected chi connectivity index (χ1v) is 6.89. The molecule has 5 heteroatoms. The number of amides is 1. The topological polar surface area (TPSA) is 64.6 Å². The summed E-state index contributed by atoms with van der Waals surface area (Å²) in [6, 6.07) is -0.152. The van der Waals surface area contributed by atoms with Gasteiger partial charge in [0.2, 0.25) is 0 Å². The first-order chi connectivity index (χ1) is 8.79. The molecule has 3 atom stereocenters. The van der Waals surface area contributed by atoms with Crippen molar-refractivity contribution in [2.24, 2.45) is 17.8 Å². The first kappa shape index (κ1) is 17.7. The summed E-state index contributed by atoms with van der Waals surface area (Å²) in [5.74, 6) is -0.194. The minimum absolute atomic E-state index is 0.0240. The fourth-order valence-electron chi connectivity index (χ4n) is 1.52. The summed E-state index contributed by atoms with van der Waals surface area (Å²) in [6.07, 6.45) is -0.454. The van der Waals surface area contributed by atoms with Gasteiger partial charge in [0.05, 0.1) is 19.1 Å². The van der Waals surface area contributed by atoms with Crippen molar-refractivity contribution in [1.82, 2.24) is 5.32 Å². The Morgan fingerprint density at radius 1 is 1.05 bits per heavy atom. The molecule has 1 N–H and O–H groups in total. The van der Waals surface area contributed by atoms with E-state index in [4.69, 9.17) is 9.47 Å². The van der Waals surface area contributed by atoms with Crippen LogP contribution in [-0.4, -0.2) is 31.3 Å². The van der Waals surface area contributed by atoms with Gasteiger partial charge in [0, 0.05) is 6.04 Å². The average molecular weight is 273 g/mol. The Kier molecular flexibility index (Phi) is 8.19. The van der Waals surface area contributed by atoms with E-state index in [1.54, 1.807) is 6.92 Å². The quantitative estimate of drug-likeness (QED) is 0.724. The largest absolute Gasteiger partial charge is 0.465 e. The van der Waals surface area contributed by atoms with Gasteiger partial charge < -0.3 is 14.8 Å². The highest BCUT2D eigenvalue weighted by molar-refractivity contribution is 5.72. The van der Waals surface area contributed by atoms with Crippen molar-refractivity contribution in [3.05, 3.63) is 0 Å². The third-order valence-corrected chi connectivity index (χ3v) is 3.13. The predicted octanol–water partition coefficient (Wildman–Crippen LogP) is 2.59. The standard InChI is InChI=1S/C14H27NO4/c1-7-18-14(17)15-12(6)10(4)11(5)13(16)19-8-9(2)3/h9-12H,7-8H2,1-6H3,(H,15,17). The Morgan fingerprint density at radius 2 is 1.63 bits per heavy atom. The van der Waals surface area contributed by atoms with Gasteiger partial charge >= 0.3 is 12.1 Å². The monoisotopic (exact) mass is 273 g/mol. The molecule has 0 fully saturated rings. The summed E-state index contributed by atoms with van der Waals surface area (Å²) in [6.45, 7) is 12.1. The van der Waals surface area contributed by atoms with Crippen molar-refractivity contribution in [2.45, 2.75) is 47.6 Å². The van der Waals surface area contributed by atoms with E-state index < -0.39 is 6.09 Å². The van der Waals surface area contributed by atoms with E-state index in [2.05, 4.69) is 5.32 Å². The molecule has 0 spiro atoms. The van der Waals surface area contributed by atoms with Crippen LogP contribution in [0.5, 0.6) is 0 Å². The second kappa shape index (κ2) is 8.77. The van der Waals surface area contributed by atoms with Gasteiger partial charge in [-0.25, -0.2) is 4.79 Å². The van der Waals surface area contributed by atoms with E-state index in [1.165, 1.54) is 0 Å². The van der Waals surface area contributed by atoms with Crippen molar-refractivity contribution >= 4 is 12.1 Å². The first-order valence-electron chi connectivity index (χ1n) is 6.89. The number of rotatable bonds is 7. The molecule has 0 aliphatic heterocycles. The van der Waals surface area contributed by atoms with Crippen LogP contribution < -0.4 is 5.32 Å². The number of carbonyl (C=O) groups excluding carboxylic acids is 2. The third kappa shape index (κ3) is 7.03. The summed E-state index contributed by atoms with van der Waals surface area (Å²) in [4.78, 5) is 23.2. The lowest BCUT2D eigenvalue weighted by Crippen LogP contribution is -2.41. The second-order valence-corrected chi connectivity index (χ2v) is 5.33. The van der Waals surface area contributed by atoms with E-state index in [-0.39, 0.29) is 23.8 Å². The molecule has 1 amide bonds. The molecule has 0 saturated heterocycles. The van der Waals surface area contributed by atoms with E-state index >= 15 is 0 Å². The highest BCUT2D eigenvalue weighted by atomic mass is 16.5. The van der Waals surface area contributed by atoms with Gasteiger partial charge in [0.25, 0.3) is 0 Å². The van der Waals surface area contributed by atoms with Gasteiger partial charge in [-0.3, -0.25) is 4.79 Å². The van der Waals surface area contributed by atoms with E-state index in [9.17, 15) is 9.59 Å². The highest BCUT2D eigenvalue weighted by Crippen LogP contribution is 2.17. The molecule has 112 valence electrons. The van der Waals surface area contributed by atoms with Crippen LogP contribution in [0.4, 0.5) is 4.79 Å². The van der Waals surface area contributed by atoms with Crippen LogP contribution in [0, 0.1) is 17.8 Å². The maximum Gasteiger partial charge on any atom is 0.407 e. The molecule has 0 bridgehead atoms. The van der Waals surface area contributed by atoms with Crippen LogP contribution in [0.1, 0.15) is 41.5 Å². The summed E-state index contributed by atoms with van der Waals surface area (Å²) in [5, 5.41) is 2.71. The number of esters is 1. The van der Waals surface area contributed by atoms with Gasteiger partial charge in [-0.05, 0) is 25.7 Å². The Balaban J connectivity index is 4.26. The fraction of sp³-hybridized carbons (Fsp3) is 0.857. The third-order valence-electron chi connectivity index (χ3n) is 3.13. The molecular weight excluding hydrogens is 246 g/mol. The lowest BCUT2D eigenvalue weighted by molar-refractivity contribution is -0.151. The molecule has 19 heavy (non-hydrogen) atoms. The van der Waals surface area contributed by atoms with Crippen LogP contribution in [0.2, 0.25) is 0 Å². The molecule has 0 aliphatic rings. The van der Waals surface area contributed by atoms with Crippen LogP contribution in [-0.2, 0) is 14.3 Å². The molecule has 3 unspecified atom stereocenters.